The Morgan fingerprint density at radius 2 is 1.90 bits per heavy atom. The summed E-state index contributed by atoms with van der Waals surface area (Å²) in [6, 6.07) is 17.2. The summed E-state index contributed by atoms with van der Waals surface area (Å²) in [6.07, 6.45) is 1.02. The van der Waals surface area contributed by atoms with Crippen LogP contribution in [0.4, 0.5) is 5.69 Å². The molecule has 6 heteroatoms. The van der Waals surface area contributed by atoms with Gasteiger partial charge in [-0.05, 0) is 49.7 Å². The molecular formula is C23H28N4O2. The zero-order valence-corrected chi connectivity index (χ0v) is 17.1. The molecule has 3 rings (SSSR count). The Labute approximate surface area is 172 Å². The van der Waals surface area contributed by atoms with Crippen molar-refractivity contribution in [2.24, 2.45) is 0 Å². The monoisotopic (exact) mass is 392 g/mol. The van der Waals surface area contributed by atoms with Gasteiger partial charge in [-0.2, -0.15) is 5.26 Å². The molecule has 1 atom stereocenters. The normalized spacial score (nSPS) is 16.4. The number of para-hydroxylation sites is 2. The molecule has 0 aliphatic carbocycles. The van der Waals surface area contributed by atoms with Gasteiger partial charge in [-0.25, -0.2) is 0 Å². The SMILES string of the molecule is COc1ccccc1NC(=O)C(C)N1CCCN(Cc2ccc(C#N)cc2)CC1. The van der Waals surface area contributed by atoms with E-state index in [1.807, 2.05) is 55.5 Å². The van der Waals surface area contributed by atoms with Gasteiger partial charge in [-0.15, -0.1) is 0 Å². The van der Waals surface area contributed by atoms with Crippen LogP contribution in [0.5, 0.6) is 5.75 Å². The van der Waals surface area contributed by atoms with Crippen LogP contribution in [0.2, 0.25) is 0 Å². The lowest BCUT2D eigenvalue weighted by atomic mass is 10.1. The molecule has 1 N–H and O–H groups in total. The van der Waals surface area contributed by atoms with Crippen molar-refractivity contribution in [1.29, 1.82) is 5.26 Å². The average Bonchev–Trinajstić information content (AvgIpc) is 2.99. The third kappa shape index (κ3) is 5.57. The van der Waals surface area contributed by atoms with Crippen LogP contribution in [0.1, 0.15) is 24.5 Å². The first-order valence-electron chi connectivity index (χ1n) is 10.00. The first-order valence-corrected chi connectivity index (χ1v) is 10.00. The van der Waals surface area contributed by atoms with Crippen molar-refractivity contribution in [3.63, 3.8) is 0 Å². The quantitative estimate of drug-likeness (QED) is 0.818. The molecule has 1 fully saturated rings. The van der Waals surface area contributed by atoms with Crippen LogP contribution in [0.3, 0.4) is 0 Å². The fourth-order valence-electron chi connectivity index (χ4n) is 3.63. The molecule has 1 amide bonds. The number of benzene rings is 2. The van der Waals surface area contributed by atoms with E-state index in [0.717, 1.165) is 39.1 Å². The van der Waals surface area contributed by atoms with Crippen molar-refractivity contribution in [3.05, 3.63) is 59.7 Å². The van der Waals surface area contributed by atoms with Crippen molar-refractivity contribution in [2.45, 2.75) is 25.9 Å². The lowest BCUT2D eigenvalue weighted by Crippen LogP contribution is -2.43. The predicted molar refractivity (Wildman–Crippen MR) is 114 cm³/mol. The van der Waals surface area contributed by atoms with Crippen LogP contribution in [0, 0.1) is 11.3 Å². The highest BCUT2D eigenvalue weighted by Gasteiger charge is 2.24. The molecule has 2 aromatic carbocycles. The Morgan fingerprint density at radius 3 is 2.62 bits per heavy atom. The number of carbonyl (C=O) groups is 1. The van der Waals surface area contributed by atoms with Crippen LogP contribution in [0.25, 0.3) is 0 Å². The van der Waals surface area contributed by atoms with E-state index in [2.05, 4.69) is 21.2 Å². The zero-order valence-electron chi connectivity index (χ0n) is 17.1. The highest BCUT2D eigenvalue weighted by Crippen LogP contribution is 2.23. The van der Waals surface area contributed by atoms with E-state index < -0.39 is 0 Å². The van der Waals surface area contributed by atoms with Gasteiger partial charge in [0.25, 0.3) is 0 Å². The molecule has 1 aliphatic rings. The van der Waals surface area contributed by atoms with Crippen LogP contribution in [0.15, 0.2) is 48.5 Å². The molecule has 1 heterocycles. The van der Waals surface area contributed by atoms with E-state index in [9.17, 15) is 4.79 Å². The van der Waals surface area contributed by atoms with Gasteiger partial charge in [-0.3, -0.25) is 14.6 Å². The lowest BCUT2D eigenvalue weighted by molar-refractivity contribution is -0.120. The molecule has 0 saturated carbocycles. The molecule has 152 valence electrons. The number of nitriles is 1. The van der Waals surface area contributed by atoms with Crippen molar-refractivity contribution in [3.8, 4) is 11.8 Å². The number of methoxy groups -OCH3 is 1. The van der Waals surface area contributed by atoms with Gasteiger partial charge in [-0.1, -0.05) is 24.3 Å². The Hall–Kier alpha value is -2.88. The topological polar surface area (TPSA) is 68.6 Å². The van der Waals surface area contributed by atoms with Gasteiger partial charge in [0.15, 0.2) is 0 Å². The second-order valence-corrected chi connectivity index (χ2v) is 7.34. The molecule has 1 saturated heterocycles. The first kappa shape index (κ1) is 20.8. The number of rotatable bonds is 6. The molecule has 29 heavy (non-hydrogen) atoms. The first-order chi connectivity index (χ1) is 14.1. The predicted octanol–water partition coefficient (Wildman–Crippen LogP) is 3.10. The molecule has 1 aliphatic heterocycles. The minimum atomic E-state index is -0.213. The minimum absolute atomic E-state index is 0.0185. The van der Waals surface area contributed by atoms with E-state index in [-0.39, 0.29) is 11.9 Å². The highest BCUT2D eigenvalue weighted by molar-refractivity contribution is 5.95. The summed E-state index contributed by atoms with van der Waals surface area (Å²) < 4.78 is 5.32. The van der Waals surface area contributed by atoms with E-state index in [1.54, 1.807) is 7.11 Å². The fraction of sp³-hybridized carbons (Fsp3) is 0.391. The van der Waals surface area contributed by atoms with Crippen LogP contribution >= 0.6 is 0 Å². The minimum Gasteiger partial charge on any atom is -0.495 e. The highest BCUT2D eigenvalue weighted by atomic mass is 16.5. The summed E-state index contributed by atoms with van der Waals surface area (Å²) in [7, 11) is 1.60. The maximum atomic E-state index is 12.8. The largest absolute Gasteiger partial charge is 0.495 e. The number of carbonyl (C=O) groups excluding carboxylic acids is 1. The number of amides is 1. The maximum Gasteiger partial charge on any atom is 0.241 e. The van der Waals surface area contributed by atoms with Gasteiger partial charge < -0.3 is 10.1 Å². The standard InChI is InChI=1S/C23H28N4O2/c1-18(23(28)25-21-6-3-4-7-22(21)29-2)27-13-5-12-26(14-15-27)17-20-10-8-19(16-24)9-11-20/h3-4,6-11,18H,5,12-15,17H2,1-2H3,(H,25,28). The van der Waals surface area contributed by atoms with E-state index in [0.29, 0.717) is 17.0 Å². The average molecular weight is 393 g/mol. The molecule has 6 nitrogen and oxygen atoms in total. The molecule has 1 unspecified atom stereocenters. The van der Waals surface area contributed by atoms with Gasteiger partial charge in [0.2, 0.25) is 5.91 Å². The van der Waals surface area contributed by atoms with Crippen LogP contribution in [-0.4, -0.2) is 55.0 Å². The van der Waals surface area contributed by atoms with Gasteiger partial charge in [0.1, 0.15) is 5.75 Å². The Morgan fingerprint density at radius 1 is 1.14 bits per heavy atom. The van der Waals surface area contributed by atoms with Gasteiger partial charge >= 0.3 is 0 Å². The van der Waals surface area contributed by atoms with Crippen molar-refractivity contribution in [1.82, 2.24) is 9.80 Å². The third-order valence-electron chi connectivity index (χ3n) is 5.40. The number of nitrogens with one attached hydrogen (secondary N) is 1. The molecule has 0 aromatic heterocycles. The fourth-order valence-corrected chi connectivity index (χ4v) is 3.63. The van der Waals surface area contributed by atoms with Crippen LogP contribution < -0.4 is 10.1 Å². The Bertz CT molecular complexity index is 860. The summed E-state index contributed by atoms with van der Waals surface area (Å²) in [6.45, 7) is 6.47. The smallest absolute Gasteiger partial charge is 0.241 e. The number of hydrogen-bond donors (Lipinski definition) is 1. The Balaban J connectivity index is 1.55. The van der Waals surface area contributed by atoms with Gasteiger partial charge in [0.05, 0.1) is 30.5 Å². The molecule has 0 bridgehead atoms. The number of ether oxygens (including phenoxy) is 1. The lowest BCUT2D eigenvalue weighted by Gasteiger charge is -2.27. The summed E-state index contributed by atoms with van der Waals surface area (Å²) in [5, 5.41) is 11.9. The van der Waals surface area contributed by atoms with Crippen molar-refractivity contribution >= 4 is 11.6 Å². The van der Waals surface area contributed by atoms with Gasteiger partial charge in [0, 0.05) is 26.2 Å². The summed E-state index contributed by atoms with van der Waals surface area (Å²) >= 11 is 0. The van der Waals surface area contributed by atoms with E-state index in [4.69, 9.17) is 10.00 Å². The maximum absolute atomic E-state index is 12.8. The molecular weight excluding hydrogens is 364 g/mol. The number of nitrogens with zero attached hydrogens (tertiary/aromatic N) is 3. The summed E-state index contributed by atoms with van der Waals surface area (Å²) in [5.74, 6) is 0.646. The number of hydrogen-bond acceptors (Lipinski definition) is 5. The summed E-state index contributed by atoms with van der Waals surface area (Å²) in [5.41, 5.74) is 2.59. The zero-order chi connectivity index (χ0) is 20.6. The third-order valence-corrected chi connectivity index (χ3v) is 5.40. The Kier molecular flexibility index (Phi) is 7.23. The summed E-state index contributed by atoms with van der Waals surface area (Å²) in [4.78, 5) is 17.4. The number of anilines is 1. The van der Waals surface area contributed by atoms with E-state index in [1.165, 1.54) is 5.56 Å². The van der Waals surface area contributed by atoms with Crippen molar-refractivity contribution in [2.75, 3.05) is 38.6 Å². The second-order valence-electron chi connectivity index (χ2n) is 7.34. The van der Waals surface area contributed by atoms with Crippen LogP contribution in [-0.2, 0) is 11.3 Å². The van der Waals surface area contributed by atoms with Crippen molar-refractivity contribution < 1.29 is 9.53 Å². The molecule has 2 aromatic rings. The second kappa shape index (κ2) is 10.1. The molecule has 0 radical (unpaired) electrons. The van der Waals surface area contributed by atoms with E-state index >= 15 is 0 Å². The molecule has 0 spiro atoms.